The Morgan fingerprint density at radius 3 is 3.05 bits per heavy atom. The summed E-state index contributed by atoms with van der Waals surface area (Å²) < 4.78 is 14.1. The van der Waals surface area contributed by atoms with E-state index in [-0.39, 0.29) is 17.1 Å². The second-order valence-corrected chi connectivity index (χ2v) is 8.12. The molecule has 2 aromatic rings. The Bertz CT molecular complexity index is 677. The van der Waals surface area contributed by atoms with Crippen molar-refractivity contribution in [3.8, 4) is 0 Å². The Labute approximate surface area is 127 Å². The van der Waals surface area contributed by atoms with Gasteiger partial charge in [0.05, 0.1) is 0 Å². The third kappa shape index (κ3) is 1.89. The monoisotopic (exact) mass is 360 g/mol. The van der Waals surface area contributed by atoms with E-state index >= 15 is 0 Å². The zero-order chi connectivity index (χ0) is 13.9. The van der Waals surface area contributed by atoms with Crippen molar-refractivity contribution in [2.45, 2.75) is 42.1 Å². The number of hydrogen-bond acceptors (Lipinski definition) is 5. The fraction of sp³-hybridized carbons (Fsp3) is 0.583. The van der Waals surface area contributed by atoms with Crippen LogP contribution in [0.2, 0.25) is 10.5 Å². The van der Waals surface area contributed by atoms with Gasteiger partial charge in [0.25, 0.3) is 0 Å². The second-order valence-electron chi connectivity index (χ2n) is 5.35. The molecule has 2 fully saturated rings. The van der Waals surface area contributed by atoms with Gasteiger partial charge in [0.2, 0.25) is 0 Å². The van der Waals surface area contributed by atoms with Gasteiger partial charge in [0.1, 0.15) is 0 Å². The molecule has 4 rings (SSSR count). The van der Waals surface area contributed by atoms with Crippen molar-refractivity contribution in [3.63, 3.8) is 0 Å². The molecule has 0 aliphatic carbocycles. The number of halogens is 1. The van der Waals surface area contributed by atoms with Crippen LogP contribution in [0.3, 0.4) is 0 Å². The molecule has 0 saturated carbocycles. The van der Waals surface area contributed by atoms with Gasteiger partial charge in [-0.1, -0.05) is 0 Å². The van der Waals surface area contributed by atoms with E-state index in [1.165, 1.54) is 6.33 Å². The average Bonchev–Trinajstić information content (AvgIpc) is 3.01. The summed E-state index contributed by atoms with van der Waals surface area (Å²) >= 11 is 6.44. The van der Waals surface area contributed by atoms with E-state index in [1.807, 2.05) is 13.8 Å². The minimum absolute atomic E-state index is 0.0659. The molecule has 0 N–H and O–H groups in total. The van der Waals surface area contributed by atoms with E-state index in [4.69, 9.17) is 21.1 Å². The summed E-state index contributed by atoms with van der Waals surface area (Å²) in [5, 5.41) is 1.43. The number of fused-ring (bicyclic) bond motifs is 2. The van der Waals surface area contributed by atoms with Gasteiger partial charge < -0.3 is 0 Å². The topological polar surface area (TPSA) is 62.1 Å². The third-order valence-corrected chi connectivity index (χ3v) is 6.65. The molecule has 0 bridgehead atoms. The Morgan fingerprint density at radius 2 is 2.20 bits per heavy atom. The molecule has 0 radical (unpaired) electrons. The van der Waals surface area contributed by atoms with Gasteiger partial charge in [-0.3, -0.25) is 0 Å². The number of ether oxygens (including phenoxy) is 2. The first-order valence-corrected chi connectivity index (χ1v) is 8.93. The number of aromatic nitrogens is 4. The summed E-state index contributed by atoms with van der Waals surface area (Å²) in [4.78, 5) is 12.9. The predicted molar refractivity (Wildman–Crippen MR) is 73.8 cm³/mol. The van der Waals surface area contributed by atoms with Crippen LogP contribution in [0.5, 0.6) is 0 Å². The van der Waals surface area contributed by atoms with Gasteiger partial charge >= 0.3 is 127 Å². The van der Waals surface area contributed by atoms with E-state index in [0.717, 1.165) is 11.0 Å². The van der Waals surface area contributed by atoms with Crippen LogP contribution < -0.4 is 0 Å². The number of rotatable bonds is 1. The van der Waals surface area contributed by atoms with Crippen LogP contribution in [-0.2, 0) is 9.47 Å². The Kier molecular flexibility index (Phi) is 2.85. The average molecular weight is 360 g/mol. The first-order chi connectivity index (χ1) is 9.55. The van der Waals surface area contributed by atoms with Gasteiger partial charge in [-0.15, -0.1) is 0 Å². The van der Waals surface area contributed by atoms with Gasteiger partial charge in [-0.05, 0) is 0 Å². The molecule has 6 nitrogen and oxygen atoms in total. The summed E-state index contributed by atoms with van der Waals surface area (Å²) in [5.41, 5.74) is 1.41. The number of imidazole rings is 1. The van der Waals surface area contributed by atoms with E-state index in [0.29, 0.717) is 25.6 Å². The number of nitrogens with zero attached hydrogens (tertiary/aromatic N) is 4. The van der Waals surface area contributed by atoms with Crippen molar-refractivity contribution in [1.29, 1.82) is 0 Å². The van der Waals surface area contributed by atoms with Crippen molar-refractivity contribution < 1.29 is 9.47 Å². The van der Waals surface area contributed by atoms with E-state index < -0.39 is 5.79 Å². The van der Waals surface area contributed by atoms with Crippen LogP contribution >= 0.6 is 11.6 Å². The quantitative estimate of drug-likeness (QED) is 0.572. The van der Waals surface area contributed by atoms with Gasteiger partial charge in [-0.2, -0.15) is 0 Å². The van der Waals surface area contributed by atoms with Crippen LogP contribution in [0.4, 0.5) is 0 Å². The summed E-state index contributed by atoms with van der Waals surface area (Å²) in [6.45, 7) is 3.92. The van der Waals surface area contributed by atoms with Crippen molar-refractivity contribution in [2.75, 3.05) is 0 Å². The second kappa shape index (κ2) is 4.39. The van der Waals surface area contributed by atoms with Crippen molar-refractivity contribution in [2.24, 2.45) is 0 Å². The first-order valence-electron chi connectivity index (χ1n) is 6.35. The molecular weight excluding hydrogens is 347 g/mol. The molecule has 0 aromatic carbocycles. The van der Waals surface area contributed by atoms with Gasteiger partial charge in [0.15, 0.2) is 0 Å². The molecular formula is C12H13ClN4O2Se. The molecule has 2 saturated heterocycles. The van der Waals surface area contributed by atoms with Gasteiger partial charge in [-0.25, -0.2) is 0 Å². The molecule has 0 amide bonds. The van der Waals surface area contributed by atoms with E-state index in [1.54, 1.807) is 6.33 Å². The molecule has 2 aromatic heterocycles. The van der Waals surface area contributed by atoms with Crippen LogP contribution in [0, 0.1) is 0 Å². The summed E-state index contributed by atoms with van der Waals surface area (Å²) in [6, 6.07) is 0. The summed E-state index contributed by atoms with van der Waals surface area (Å²) in [5.74, 6) is -0.507. The van der Waals surface area contributed by atoms with E-state index in [2.05, 4.69) is 19.5 Å². The zero-order valence-electron chi connectivity index (χ0n) is 11.0. The van der Waals surface area contributed by atoms with E-state index in [9.17, 15) is 0 Å². The molecule has 0 spiro atoms. The Hall–Kier alpha value is -0.721. The maximum atomic E-state index is 6.06. The third-order valence-electron chi connectivity index (χ3n) is 3.52. The molecule has 2 aliphatic rings. The molecule has 8 heteroatoms. The van der Waals surface area contributed by atoms with Crippen LogP contribution in [-0.4, -0.2) is 52.5 Å². The molecule has 3 atom stereocenters. The summed E-state index contributed by atoms with van der Waals surface area (Å²) in [7, 11) is 0. The van der Waals surface area contributed by atoms with Crippen LogP contribution in [0.15, 0.2) is 12.7 Å². The van der Waals surface area contributed by atoms with Crippen molar-refractivity contribution >= 4 is 37.7 Å². The molecule has 2 aliphatic heterocycles. The van der Waals surface area contributed by atoms with Crippen molar-refractivity contribution in [1.82, 2.24) is 19.5 Å². The number of hydrogen-bond donors (Lipinski definition) is 0. The molecule has 4 heterocycles. The van der Waals surface area contributed by atoms with Crippen molar-refractivity contribution in [3.05, 3.63) is 17.8 Å². The normalized spacial score (nSPS) is 31.9. The molecule has 20 heavy (non-hydrogen) atoms. The predicted octanol–water partition coefficient (Wildman–Crippen LogP) is 1.63. The standard InChI is InChI=1S/C12H13ClN4O2Se/c1-12(2)18-6-3-20-11(8(6)19-12)17-5-16-7-9(13)14-4-15-10(7)17/h4-6,8,11H,3H2,1-2H3. The first kappa shape index (κ1) is 13.0. The fourth-order valence-electron chi connectivity index (χ4n) is 2.77. The molecule has 106 valence electrons. The maximum absolute atomic E-state index is 6.06. The van der Waals surface area contributed by atoms with Crippen LogP contribution in [0.1, 0.15) is 18.8 Å². The SMILES string of the molecule is CC1(C)OC2C[Se]C(n3cnc4c(Cl)ncnc43)C2O1. The van der Waals surface area contributed by atoms with Crippen LogP contribution in [0.25, 0.3) is 11.2 Å². The molecule has 3 unspecified atom stereocenters. The zero-order valence-corrected chi connectivity index (χ0v) is 13.5. The Morgan fingerprint density at radius 1 is 1.35 bits per heavy atom. The summed E-state index contributed by atoms with van der Waals surface area (Å²) in [6.07, 6.45) is 3.49. The minimum atomic E-state index is -0.507. The van der Waals surface area contributed by atoms with Gasteiger partial charge in [0, 0.05) is 0 Å². The Balaban J connectivity index is 1.75. The fourth-order valence-corrected chi connectivity index (χ4v) is 5.84.